The van der Waals surface area contributed by atoms with Crippen molar-refractivity contribution in [3.63, 3.8) is 0 Å². The molecular weight excluding hydrogens is 428 g/mol. The van der Waals surface area contributed by atoms with Gasteiger partial charge < -0.3 is 19.0 Å². The molecule has 2 aromatic rings. The van der Waals surface area contributed by atoms with Crippen molar-refractivity contribution >= 4 is 11.0 Å². The van der Waals surface area contributed by atoms with E-state index in [9.17, 15) is 9.90 Å². The van der Waals surface area contributed by atoms with Gasteiger partial charge >= 0.3 is 5.63 Å². The molecule has 0 aliphatic carbocycles. The minimum atomic E-state index is -0.632. The molecule has 5 heteroatoms. The molecule has 0 unspecified atom stereocenters. The number of rotatable bonds is 12. The summed E-state index contributed by atoms with van der Waals surface area (Å²) in [7, 11) is 0. The Morgan fingerprint density at radius 1 is 0.824 bits per heavy atom. The van der Waals surface area contributed by atoms with E-state index in [4.69, 9.17) is 13.9 Å². The summed E-state index contributed by atoms with van der Waals surface area (Å²) < 4.78 is 17.2. The van der Waals surface area contributed by atoms with Gasteiger partial charge in [-0.05, 0) is 91.5 Å². The molecule has 5 nitrogen and oxygen atoms in total. The maximum atomic E-state index is 12.7. The van der Waals surface area contributed by atoms with Crippen LogP contribution in [0.2, 0.25) is 0 Å². The number of phenols is 1. The van der Waals surface area contributed by atoms with Crippen LogP contribution in [0.4, 0.5) is 0 Å². The lowest BCUT2D eigenvalue weighted by Gasteiger charge is -2.13. The normalized spacial score (nSPS) is 11.9. The summed E-state index contributed by atoms with van der Waals surface area (Å²) in [4.78, 5) is 12.7. The number of fused-ring (bicyclic) bond motifs is 1. The van der Waals surface area contributed by atoms with Gasteiger partial charge in [0.25, 0.3) is 0 Å². The second kappa shape index (κ2) is 13.5. The zero-order valence-corrected chi connectivity index (χ0v) is 21.4. The molecule has 1 heterocycles. The molecule has 34 heavy (non-hydrogen) atoms. The number of ether oxygens (including phenoxy) is 2. The van der Waals surface area contributed by atoms with Gasteiger partial charge in [-0.1, -0.05) is 40.5 Å². The Hall–Kier alpha value is -3.21. The predicted molar refractivity (Wildman–Crippen MR) is 140 cm³/mol. The average molecular weight is 467 g/mol. The molecule has 0 saturated heterocycles. The highest BCUT2D eigenvalue weighted by atomic mass is 16.5. The van der Waals surface area contributed by atoms with E-state index in [2.05, 4.69) is 46.8 Å². The molecule has 0 atom stereocenters. The van der Waals surface area contributed by atoms with Crippen LogP contribution in [-0.2, 0) is 0 Å². The molecule has 0 bridgehead atoms. The van der Waals surface area contributed by atoms with Crippen LogP contribution in [-0.4, -0.2) is 18.3 Å². The summed E-state index contributed by atoms with van der Waals surface area (Å²) in [5.74, 6) is 0.144. The molecule has 0 aliphatic heterocycles. The van der Waals surface area contributed by atoms with E-state index in [1.54, 1.807) is 12.1 Å². The number of aromatic hydroxyl groups is 1. The summed E-state index contributed by atoms with van der Waals surface area (Å²) in [6.07, 6.45) is 12.1. The van der Waals surface area contributed by atoms with Gasteiger partial charge in [0.2, 0.25) is 5.75 Å². The first-order valence-corrected chi connectivity index (χ1v) is 11.8. The maximum absolute atomic E-state index is 12.7. The third-order valence-electron chi connectivity index (χ3n) is 5.33. The molecule has 1 aromatic heterocycles. The monoisotopic (exact) mass is 466 g/mol. The third-order valence-corrected chi connectivity index (χ3v) is 5.33. The Bertz CT molecular complexity index is 1140. The Morgan fingerprint density at radius 2 is 1.35 bits per heavy atom. The average Bonchev–Trinajstić information content (AvgIpc) is 2.74. The van der Waals surface area contributed by atoms with Crippen LogP contribution in [0.15, 0.2) is 74.0 Å². The van der Waals surface area contributed by atoms with Gasteiger partial charge in [0.05, 0.1) is 0 Å². The number of phenolic OH excluding ortho intramolecular Hbond substituents is 1. The first kappa shape index (κ1) is 27.0. The second-order valence-corrected chi connectivity index (χ2v) is 9.06. The lowest BCUT2D eigenvalue weighted by Crippen LogP contribution is -2.11. The lowest BCUT2D eigenvalue weighted by molar-refractivity contribution is 0.294. The van der Waals surface area contributed by atoms with Gasteiger partial charge in [-0.3, -0.25) is 0 Å². The van der Waals surface area contributed by atoms with Crippen molar-refractivity contribution in [2.75, 3.05) is 13.2 Å². The van der Waals surface area contributed by atoms with Crippen LogP contribution in [0.1, 0.15) is 67.2 Å². The van der Waals surface area contributed by atoms with Crippen LogP contribution >= 0.6 is 0 Å². The van der Waals surface area contributed by atoms with Gasteiger partial charge in [0.1, 0.15) is 29.9 Å². The molecule has 0 spiro atoms. The van der Waals surface area contributed by atoms with E-state index in [-0.39, 0.29) is 36.0 Å². The fraction of sp³-hybridized carbons (Fsp3) is 0.414. The Morgan fingerprint density at radius 3 is 1.88 bits per heavy atom. The smallest absolute Gasteiger partial charge is 0.383 e. The van der Waals surface area contributed by atoms with Crippen molar-refractivity contribution in [1.82, 2.24) is 0 Å². The van der Waals surface area contributed by atoms with E-state index < -0.39 is 5.63 Å². The summed E-state index contributed by atoms with van der Waals surface area (Å²) in [6, 6.07) is 4.78. The highest BCUT2D eigenvalue weighted by Crippen LogP contribution is 2.38. The quantitative estimate of drug-likeness (QED) is 0.257. The molecule has 0 fully saturated rings. The van der Waals surface area contributed by atoms with Gasteiger partial charge in [-0.15, -0.1) is 0 Å². The van der Waals surface area contributed by atoms with E-state index in [1.165, 1.54) is 28.4 Å². The highest BCUT2D eigenvalue weighted by molar-refractivity contribution is 5.91. The predicted octanol–water partition coefficient (Wildman–Crippen LogP) is 7.64. The standard InChI is InChI=1S/C29H38O5/c1-20(2)10-7-12-22(5)16-18-32-27-26-24(30)14-9-15-25(26)34-29(31)28(27)33-19-17-23(6)13-8-11-21(3)4/h9-11,14-17,30H,7-8,12-13,18-19H2,1-6H3/b22-16+,23-17+. The zero-order chi connectivity index (χ0) is 25.1. The van der Waals surface area contributed by atoms with Crippen LogP contribution < -0.4 is 15.1 Å². The van der Waals surface area contributed by atoms with Crippen molar-refractivity contribution in [3.8, 4) is 17.2 Å². The lowest BCUT2D eigenvalue weighted by atomic mass is 10.1. The van der Waals surface area contributed by atoms with Gasteiger partial charge in [0.15, 0.2) is 5.75 Å². The van der Waals surface area contributed by atoms with Crippen LogP contribution in [0.5, 0.6) is 17.2 Å². The SMILES string of the molecule is CC(C)=CCC/C(C)=C/COc1c(OC/C=C(\C)CCC=C(C)C)c2c(O)cccc2oc1=O. The van der Waals surface area contributed by atoms with Crippen LogP contribution in [0.3, 0.4) is 0 Å². The molecule has 0 radical (unpaired) electrons. The zero-order valence-electron chi connectivity index (χ0n) is 21.4. The van der Waals surface area contributed by atoms with Crippen molar-refractivity contribution in [1.29, 1.82) is 0 Å². The minimum Gasteiger partial charge on any atom is -0.507 e. The second-order valence-electron chi connectivity index (χ2n) is 9.06. The number of hydrogen-bond acceptors (Lipinski definition) is 5. The number of hydrogen-bond donors (Lipinski definition) is 1. The van der Waals surface area contributed by atoms with Crippen LogP contribution in [0, 0.1) is 0 Å². The topological polar surface area (TPSA) is 68.9 Å². The van der Waals surface area contributed by atoms with Crippen molar-refractivity contribution in [2.24, 2.45) is 0 Å². The molecule has 184 valence electrons. The van der Waals surface area contributed by atoms with E-state index in [0.29, 0.717) is 5.39 Å². The maximum Gasteiger partial charge on any atom is 0.383 e. The molecule has 0 amide bonds. The molecule has 1 aromatic carbocycles. The van der Waals surface area contributed by atoms with Crippen LogP contribution in [0.25, 0.3) is 11.0 Å². The van der Waals surface area contributed by atoms with Crippen molar-refractivity contribution in [2.45, 2.75) is 67.2 Å². The fourth-order valence-electron chi connectivity index (χ4n) is 3.36. The van der Waals surface area contributed by atoms with Gasteiger partial charge in [-0.25, -0.2) is 4.79 Å². The Kier molecular flexibility index (Phi) is 10.7. The number of benzene rings is 1. The number of allylic oxidation sites excluding steroid dienone is 6. The minimum absolute atomic E-state index is 0.0289. The Labute approximate surface area is 203 Å². The molecule has 2 rings (SSSR count). The third kappa shape index (κ3) is 8.62. The highest BCUT2D eigenvalue weighted by Gasteiger charge is 2.20. The van der Waals surface area contributed by atoms with E-state index in [1.807, 2.05) is 19.1 Å². The molecule has 0 saturated carbocycles. The molecule has 0 aliphatic rings. The van der Waals surface area contributed by atoms with E-state index in [0.717, 1.165) is 25.7 Å². The largest absolute Gasteiger partial charge is 0.507 e. The van der Waals surface area contributed by atoms with E-state index >= 15 is 0 Å². The summed E-state index contributed by atoms with van der Waals surface area (Å²) in [5, 5.41) is 10.8. The van der Waals surface area contributed by atoms with Gasteiger partial charge in [0, 0.05) is 0 Å². The molecule has 1 N–H and O–H groups in total. The first-order chi connectivity index (χ1) is 16.2. The summed E-state index contributed by atoms with van der Waals surface area (Å²) in [6.45, 7) is 12.9. The fourth-order valence-corrected chi connectivity index (χ4v) is 3.36. The van der Waals surface area contributed by atoms with Crippen molar-refractivity contribution in [3.05, 3.63) is 75.2 Å². The van der Waals surface area contributed by atoms with Gasteiger partial charge in [-0.2, -0.15) is 0 Å². The summed E-state index contributed by atoms with van der Waals surface area (Å²) >= 11 is 0. The first-order valence-electron chi connectivity index (χ1n) is 11.8. The molecular formula is C29H38O5. The summed E-state index contributed by atoms with van der Waals surface area (Å²) in [5.41, 5.74) is 4.57. The van der Waals surface area contributed by atoms with Crippen molar-refractivity contribution < 1.29 is 19.0 Å². The Balaban J connectivity index is 2.24.